The zero-order valence-corrected chi connectivity index (χ0v) is 19.0. The van der Waals surface area contributed by atoms with Gasteiger partial charge in [0, 0.05) is 22.2 Å². The quantitative estimate of drug-likeness (QED) is 0.511. The predicted octanol–water partition coefficient (Wildman–Crippen LogP) is 6.33. The molecule has 160 valence electrons. The first-order valence-electron chi connectivity index (χ1n) is 10.9. The lowest BCUT2D eigenvalue weighted by molar-refractivity contribution is -0.120. The first-order valence-corrected chi connectivity index (χ1v) is 11.8. The summed E-state index contributed by atoms with van der Waals surface area (Å²) in [5.41, 5.74) is 3.91. The minimum Gasteiger partial charge on any atom is -0.326 e. The van der Waals surface area contributed by atoms with Crippen LogP contribution >= 0.6 is 11.8 Å². The van der Waals surface area contributed by atoms with Crippen LogP contribution in [0.15, 0.2) is 47.4 Å². The largest absolute Gasteiger partial charge is 0.326 e. The van der Waals surface area contributed by atoms with Crippen LogP contribution in [0.4, 0.5) is 11.4 Å². The second-order valence-corrected chi connectivity index (χ2v) is 9.45. The molecule has 1 aliphatic carbocycles. The van der Waals surface area contributed by atoms with Crippen LogP contribution in [-0.2, 0) is 9.59 Å². The molecule has 0 spiro atoms. The van der Waals surface area contributed by atoms with E-state index >= 15 is 0 Å². The number of benzene rings is 2. The molecule has 0 radical (unpaired) electrons. The summed E-state index contributed by atoms with van der Waals surface area (Å²) in [5.74, 6) is 0.254. The first-order chi connectivity index (χ1) is 14.5. The van der Waals surface area contributed by atoms with Gasteiger partial charge in [-0.15, -0.1) is 11.8 Å². The Morgan fingerprint density at radius 1 is 1.03 bits per heavy atom. The predicted molar refractivity (Wildman–Crippen MR) is 126 cm³/mol. The van der Waals surface area contributed by atoms with Gasteiger partial charge in [-0.05, 0) is 62.9 Å². The Bertz CT molecular complexity index is 890. The van der Waals surface area contributed by atoms with E-state index in [4.69, 9.17) is 0 Å². The zero-order chi connectivity index (χ0) is 21.5. The van der Waals surface area contributed by atoms with Crippen molar-refractivity contribution >= 4 is 35.0 Å². The Morgan fingerprint density at radius 2 is 1.80 bits per heavy atom. The fourth-order valence-electron chi connectivity index (χ4n) is 3.91. The van der Waals surface area contributed by atoms with Gasteiger partial charge in [0.15, 0.2) is 0 Å². The monoisotopic (exact) mass is 424 g/mol. The van der Waals surface area contributed by atoms with Gasteiger partial charge < -0.3 is 10.6 Å². The number of anilines is 2. The Balaban J connectivity index is 1.62. The van der Waals surface area contributed by atoms with Crippen LogP contribution in [0.3, 0.4) is 0 Å². The number of aryl methyl sites for hydroxylation is 2. The molecule has 1 unspecified atom stereocenters. The first kappa shape index (κ1) is 22.4. The lowest BCUT2D eigenvalue weighted by atomic mass is 9.88. The minimum atomic E-state index is -0.199. The van der Waals surface area contributed by atoms with Gasteiger partial charge in [-0.2, -0.15) is 0 Å². The van der Waals surface area contributed by atoms with Crippen LogP contribution in [0.2, 0.25) is 0 Å². The third-order valence-corrected chi connectivity index (χ3v) is 7.02. The van der Waals surface area contributed by atoms with Gasteiger partial charge in [0.2, 0.25) is 11.8 Å². The molecule has 2 N–H and O–H groups in total. The topological polar surface area (TPSA) is 58.2 Å². The molecular formula is C25H32N2O2S. The van der Waals surface area contributed by atoms with Crippen molar-refractivity contribution < 1.29 is 9.59 Å². The molecule has 1 atom stereocenters. The average molecular weight is 425 g/mol. The van der Waals surface area contributed by atoms with Crippen molar-refractivity contribution in [3.8, 4) is 0 Å². The molecule has 2 aromatic rings. The van der Waals surface area contributed by atoms with Gasteiger partial charge in [-0.1, -0.05) is 49.9 Å². The second-order valence-electron chi connectivity index (χ2n) is 8.17. The van der Waals surface area contributed by atoms with Crippen LogP contribution in [0.1, 0.15) is 56.6 Å². The highest BCUT2D eigenvalue weighted by Crippen LogP contribution is 2.30. The lowest BCUT2D eigenvalue weighted by Gasteiger charge is -2.21. The Labute approximate surface area is 184 Å². The number of rotatable bonds is 7. The van der Waals surface area contributed by atoms with E-state index in [0.717, 1.165) is 53.9 Å². The van der Waals surface area contributed by atoms with Crippen LogP contribution in [0.25, 0.3) is 0 Å². The van der Waals surface area contributed by atoms with Crippen molar-refractivity contribution in [3.63, 3.8) is 0 Å². The summed E-state index contributed by atoms with van der Waals surface area (Å²) < 4.78 is 0. The maximum Gasteiger partial charge on any atom is 0.237 e. The van der Waals surface area contributed by atoms with E-state index in [1.54, 1.807) is 0 Å². The normalized spacial score (nSPS) is 15.4. The van der Waals surface area contributed by atoms with E-state index in [-0.39, 0.29) is 23.0 Å². The van der Waals surface area contributed by atoms with Crippen molar-refractivity contribution in [1.82, 2.24) is 0 Å². The number of thioether (sulfide) groups is 1. The molecule has 1 fully saturated rings. The highest BCUT2D eigenvalue weighted by molar-refractivity contribution is 8.00. The molecule has 2 aromatic carbocycles. The third kappa shape index (κ3) is 6.11. The third-order valence-electron chi connectivity index (χ3n) is 5.66. The molecule has 1 aliphatic rings. The summed E-state index contributed by atoms with van der Waals surface area (Å²) in [4.78, 5) is 26.4. The number of nitrogens with one attached hydrogen (secondary N) is 2. The van der Waals surface area contributed by atoms with Crippen LogP contribution < -0.4 is 10.6 Å². The van der Waals surface area contributed by atoms with E-state index in [1.807, 2.05) is 57.2 Å². The highest BCUT2D eigenvalue weighted by Gasteiger charge is 2.22. The molecular weight excluding hydrogens is 392 g/mol. The molecule has 0 aromatic heterocycles. The fourth-order valence-corrected chi connectivity index (χ4v) is 4.92. The Morgan fingerprint density at radius 3 is 2.50 bits per heavy atom. The van der Waals surface area contributed by atoms with Crippen molar-refractivity contribution in [2.24, 2.45) is 5.92 Å². The maximum atomic E-state index is 12.9. The molecule has 0 heterocycles. The van der Waals surface area contributed by atoms with Crippen molar-refractivity contribution in [2.45, 2.75) is 69.4 Å². The summed E-state index contributed by atoms with van der Waals surface area (Å²) in [6.45, 7) is 6.08. The average Bonchev–Trinajstić information content (AvgIpc) is 2.74. The molecule has 4 nitrogen and oxygen atoms in total. The van der Waals surface area contributed by atoms with Gasteiger partial charge in [0.25, 0.3) is 0 Å². The molecule has 30 heavy (non-hydrogen) atoms. The van der Waals surface area contributed by atoms with E-state index in [1.165, 1.54) is 23.7 Å². The minimum absolute atomic E-state index is 0.00565. The number of amides is 2. The van der Waals surface area contributed by atoms with Gasteiger partial charge in [-0.3, -0.25) is 9.59 Å². The Hall–Kier alpha value is -2.27. The zero-order valence-electron chi connectivity index (χ0n) is 18.2. The highest BCUT2D eigenvalue weighted by atomic mass is 32.2. The Kier molecular flexibility index (Phi) is 7.97. The van der Waals surface area contributed by atoms with Crippen LogP contribution in [0, 0.1) is 19.8 Å². The molecule has 5 heteroatoms. The number of carbonyl (C=O) groups is 2. The summed E-state index contributed by atoms with van der Waals surface area (Å²) in [6, 6.07) is 13.9. The van der Waals surface area contributed by atoms with E-state index in [2.05, 4.69) is 16.7 Å². The fraction of sp³-hybridized carbons (Fsp3) is 0.440. The lowest BCUT2D eigenvalue weighted by Crippen LogP contribution is -2.25. The molecule has 0 saturated heterocycles. The molecule has 0 aliphatic heterocycles. The standard InChI is InChI=1S/C25H32N2O2S/c1-4-23(25(29)27-22-14-13-17(2)15-18(22)3)30-21-12-8-11-20(16-21)26-24(28)19-9-6-5-7-10-19/h8,11-16,19,23H,4-7,9-10H2,1-3H3,(H,26,28)(H,27,29). The van der Waals surface area contributed by atoms with Crippen molar-refractivity contribution in [1.29, 1.82) is 0 Å². The molecule has 0 bridgehead atoms. The van der Waals surface area contributed by atoms with Crippen LogP contribution in [0.5, 0.6) is 0 Å². The van der Waals surface area contributed by atoms with E-state index < -0.39 is 0 Å². The van der Waals surface area contributed by atoms with E-state index in [0.29, 0.717) is 0 Å². The molecule has 3 rings (SSSR count). The van der Waals surface area contributed by atoms with Gasteiger partial charge >= 0.3 is 0 Å². The SMILES string of the molecule is CCC(Sc1cccc(NC(=O)C2CCCCC2)c1)C(=O)Nc1ccc(C)cc1C. The molecule has 2 amide bonds. The summed E-state index contributed by atoms with van der Waals surface area (Å²) in [6.07, 6.45) is 6.20. The molecule has 1 saturated carbocycles. The second kappa shape index (κ2) is 10.7. The van der Waals surface area contributed by atoms with Crippen molar-refractivity contribution in [3.05, 3.63) is 53.6 Å². The smallest absolute Gasteiger partial charge is 0.237 e. The maximum absolute atomic E-state index is 12.9. The summed E-state index contributed by atoms with van der Waals surface area (Å²) in [7, 11) is 0. The number of hydrogen-bond donors (Lipinski definition) is 2. The van der Waals surface area contributed by atoms with E-state index in [9.17, 15) is 9.59 Å². The summed E-state index contributed by atoms with van der Waals surface area (Å²) in [5, 5.41) is 5.94. The van der Waals surface area contributed by atoms with Gasteiger partial charge in [0.1, 0.15) is 0 Å². The number of carbonyl (C=O) groups excluding carboxylic acids is 2. The van der Waals surface area contributed by atoms with Crippen LogP contribution in [-0.4, -0.2) is 17.1 Å². The summed E-state index contributed by atoms with van der Waals surface area (Å²) >= 11 is 1.54. The van der Waals surface area contributed by atoms with Gasteiger partial charge in [-0.25, -0.2) is 0 Å². The van der Waals surface area contributed by atoms with Gasteiger partial charge in [0.05, 0.1) is 5.25 Å². The van der Waals surface area contributed by atoms with Crippen molar-refractivity contribution in [2.75, 3.05) is 10.6 Å². The number of hydrogen-bond acceptors (Lipinski definition) is 3.